The lowest BCUT2D eigenvalue weighted by atomic mass is 9.54. The minimum absolute atomic E-state index is 0.584. The summed E-state index contributed by atoms with van der Waals surface area (Å²) in [6.45, 7) is 3.32. The molecule has 2 aliphatic rings. The van der Waals surface area contributed by atoms with Gasteiger partial charge in [0.25, 0.3) is 0 Å². The van der Waals surface area contributed by atoms with Crippen LogP contribution in [0.1, 0.15) is 58.3 Å². The van der Waals surface area contributed by atoms with Crippen molar-refractivity contribution >= 4 is 0 Å². The summed E-state index contributed by atoms with van der Waals surface area (Å²) >= 11 is 0. The highest BCUT2D eigenvalue weighted by Crippen LogP contribution is 2.53. The molecule has 0 aliphatic heterocycles. The van der Waals surface area contributed by atoms with Crippen LogP contribution >= 0.6 is 0 Å². The van der Waals surface area contributed by atoms with Gasteiger partial charge in [0.15, 0.2) is 0 Å². The van der Waals surface area contributed by atoms with E-state index in [0.717, 1.165) is 18.4 Å². The van der Waals surface area contributed by atoms with Crippen molar-refractivity contribution in [3.05, 3.63) is 0 Å². The molecule has 0 bridgehead atoms. The molecule has 0 aromatic rings. The molecule has 2 aliphatic carbocycles. The fraction of sp³-hybridized carbons (Fsp3) is 1.00. The molecule has 14 heavy (non-hydrogen) atoms. The monoisotopic (exact) mass is 195 g/mol. The normalized spacial score (nSPS) is 36.4. The molecule has 0 aromatic heterocycles. The molecule has 2 unspecified atom stereocenters. The first-order valence-electron chi connectivity index (χ1n) is 6.52. The summed E-state index contributed by atoms with van der Waals surface area (Å²) in [4.78, 5) is 0. The molecule has 0 amide bonds. The Kier molecular flexibility index (Phi) is 3.16. The third-order valence-corrected chi connectivity index (χ3v) is 4.98. The number of hydrogen-bond acceptors (Lipinski definition) is 1. The molecule has 0 radical (unpaired) electrons. The van der Waals surface area contributed by atoms with E-state index in [-0.39, 0.29) is 0 Å². The largest absolute Gasteiger partial charge is 0.330 e. The standard InChI is InChI=1S/C13H25N/c1-2-11-6-3-4-7-12(11)13(10-14)8-5-9-13/h11-12H,2-10,14H2,1H3. The maximum absolute atomic E-state index is 6.02. The van der Waals surface area contributed by atoms with Crippen LogP contribution in [0.15, 0.2) is 0 Å². The van der Waals surface area contributed by atoms with E-state index >= 15 is 0 Å². The molecule has 2 atom stereocenters. The summed E-state index contributed by atoms with van der Waals surface area (Å²) in [6, 6.07) is 0. The van der Waals surface area contributed by atoms with Crippen LogP contribution in [0.4, 0.5) is 0 Å². The number of rotatable bonds is 3. The average molecular weight is 195 g/mol. The van der Waals surface area contributed by atoms with E-state index in [9.17, 15) is 0 Å². The Hall–Kier alpha value is -0.0400. The minimum atomic E-state index is 0.584. The van der Waals surface area contributed by atoms with Crippen LogP contribution < -0.4 is 5.73 Å². The van der Waals surface area contributed by atoms with Gasteiger partial charge in [-0.2, -0.15) is 0 Å². The highest BCUT2D eigenvalue weighted by molar-refractivity contribution is 4.97. The predicted molar refractivity (Wildman–Crippen MR) is 61.1 cm³/mol. The van der Waals surface area contributed by atoms with Gasteiger partial charge in [-0.25, -0.2) is 0 Å². The van der Waals surface area contributed by atoms with E-state index in [4.69, 9.17) is 5.73 Å². The lowest BCUT2D eigenvalue weighted by molar-refractivity contribution is -0.00311. The fourth-order valence-electron chi connectivity index (χ4n) is 3.86. The van der Waals surface area contributed by atoms with E-state index in [1.54, 1.807) is 0 Å². The first kappa shape index (κ1) is 10.5. The van der Waals surface area contributed by atoms with Crippen LogP contribution in [0.3, 0.4) is 0 Å². The fourth-order valence-corrected chi connectivity index (χ4v) is 3.86. The first-order chi connectivity index (χ1) is 6.82. The van der Waals surface area contributed by atoms with Crippen LogP contribution in [-0.4, -0.2) is 6.54 Å². The van der Waals surface area contributed by atoms with Crippen molar-refractivity contribution in [1.82, 2.24) is 0 Å². The zero-order valence-electron chi connectivity index (χ0n) is 9.60. The van der Waals surface area contributed by atoms with Crippen molar-refractivity contribution in [3.8, 4) is 0 Å². The summed E-state index contributed by atoms with van der Waals surface area (Å²) < 4.78 is 0. The Labute approximate surface area is 88.4 Å². The summed E-state index contributed by atoms with van der Waals surface area (Å²) in [7, 11) is 0. The van der Waals surface area contributed by atoms with E-state index in [2.05, 4.69) is 6.92 Å². The molecular weight excluding hydrogens is 170 g/mol. The molecule has 2 saturated carbocycles. The van der Waals surface area contributed by atoms with Gasteiger partial charge in [-0.1, -0.05) is 39.0 Å². The molecular formula is C13H25N. The zero-order valence-corrected chi connectivity index (χ0v) is 9.60. The Balaban J connectivity index is 2.05. The predicted octanol–water partition coefficient (Wildman–Crippen LogP) is 3.33. The van der Waals surface area contributed by atoms with Crippen LogP contribution in [0.5, 0.6) is 0 Å². The summed E-state index contributed by atoms with van der Waals surface area (Å²) in [5.41, 5.74) is 6.60. The van der Waals surface area contributed by atoms with Crippen LogP contribution in [0, 0.1) is 17.3 Å². The van der Waals surface area contributed by atoms with Crippen molar-refractivity contribution in [1.29, 1.82) is 0 Å². The maximum atomic E-state index is 6.02. The van der Waals surface area contributed by atoms with E-state index in [1.807, 2.05) is 0 Å². The Morgan fingerprint density at radius 3 is 2.36 bits per heavy atom. The quantitative estimate of drug-likeness (QED) is 0.734. The Morgan fingerprint density at radius 1 is 1.14 bits per heavy atom. The van der Waals surface area contributed by atoms with Crippen LogP contribution in [0.2, 0.25) is 0 Å². The molecule has 82 valence electrons. The smallest absolute Gasteiger partial charge is 0.00178 e. The second-order valence-corrected chi connectivity index (χ2v) is 5.48. The summed E-state index contributed by atoms with van der Waals surface area (Å²) in [6.07, 6.45) is 11.5. The highest BCUT2D eigenvalue weighted by Gasteiger charge is 2.45. The summed E-state index contributed by atoms with van der Waals surface area (Å²) in [5.74, 6) is 1.97. The van der Waals surface area contributed by atoms with Crippen molar-refractivity contribution < 1.29 is 0 Å². The number of nitrogens with two attached hydrogens (primary N) is 1. The second-order valence-electron chi connectivity index (χ2n) is 5.48. The van der Waals surface area contributed by atoms with Gasteiger partial charge in [0.2, 0.25) is 0 Å². The number of hydrogen-bond donors (Lipinski definition) is 1. The molecule has 1 nitrogen and oxygen atoms in total. The zero-order chi connectivity index (χ0) is 10.0. The minimum Gasteiger partial charge on any atom is -0.330 e. The van der Waals surface area contributed by atoms with E-state index < -0.39 is 0 Å². The third kappa shape index (κ3) is 1.60. The highest BCUT2D eigenvalue weighted by atomic mass is 14.7. The Morgan fingerprint density at radius 2 is 1.86 bits per heavy atom. The van der Waals surface area contributed by atoms with Crippen molar-refractivity contribution in [2.75, 3.05) is 6.54 Å². The molecule has 2 rings (SSSR count). The van der Waals surface area contributed by atoms with E-state index in [0.29, 0.717) is 5.41 Å². The molecule has 0 saturated heterocycles. The van der Waals surface area contributed by atoms with Gasteiger partial charge in [0.05, 0.1) is 0 Å². The second kappa shape index (κ2) is 4.22. The molecule has 0 aromatic carbocycles. The Bertz CT molecular complexity index is 178. The first-order valence-corrected chi connectivity index (χ1v) is 6.52. The van der Waals surface area contributed by atoms with Crippen molar-refractivity contribution in [3.63, 3.8) is 0 Å². The summed E-state index contributed by atoms with van der Waals surface area (Å²) in [5, 5.41) is 0. The van der Waals surface area contributed by atoms with Crippen LogP contribution in [0.25, 0.3) is 0 Å². The lowest BCUT2D eigenvalue weighted by Gasteiger charge is -2.52. The van der Waals surface area contributed by atoms with E-state index in [1.165, 1.54) is 51.4 Å². The molecule has 0 spiro atoms. The molecule has 0 heterocycles. The van der Waals surface area contributed by atoms with Gasteiger partial charge < -0.3 is 5.73 Å². The molecule has 1 heteroatoms. The topological polar surface area (TPSA) is 26.0 Å². The van der Waals surface area contributed by atoms with Crippen LogP contribution in [-0.2, 0) is 0 Å². The average Bonchev–Trinajstić information content (AvgIpc) is 2.18. The van der Waals surface area contributed by atoms with Gasteiger partial charge in [-0.15, -0.1) is 0 Å². The lowest BCUT2D eigenvalue weighted by Crippen LogP contribution is -2.47. The SMILES string of the molecule is CCC1CCCCC1C1(CN)CCC1. The van der Waals surface area contributed by atoms with Crippen molar-refractivity contribution in [2.45, 2.75) is 58.3 Å². The van der Waals surface area contributed by atoms with Gasteiger partial charge in [0, 0.05) is 0 Å². The van der Waals surface area contributed by atoms with Gasteiger partial charge in [0.1, 0.15) is 0 Å². The van der Waals surface area contributed by atoms with Crippen molar-refractivity contribution in [2.24, 2.45) is 23.0 Å². The van der Waals surface area contributed by atoms with Gasteiger partial charge >= 0.3 is 0 Å². The molecule has 2 fully saturated rings. The maximum Gasteiger partial charge on any atom is -0.00178 e. The molecule has 2 N–H and O–H groups in total. The van der Waals surface area contributed by atoms with Gasteiger partial charge in [-0.3, -0.25) is 0 Å². The third-order valence-electron chi connectivity index (χ3n) is 4.98. The van der Waals surface area contributed by atoms with Gasteiger partial charge in [-0.05, 0) is 43.1 Å².